The Morgan fingerprint density at radius 2 is 1.91 bits per heavy atom. The molecule has 4 aromatic rings. The van der Waals surface area contributed by atoms with E-state index in [4.69, 9.17) is 4.98 Å². The van der Waals surface area contributed by atoms with E-state index in [0.717, 1.165) is 63.8 Å². The molecule has 1 amide bonds. The molecular formula is C27H26N4O2S2. The Morgan fingerprint density at radius 3 is 2.71 bits per heavy atom. The summed E-state index contributed by atoms with van der Waals surface area (Å²) < 4.78 is 1.65. The molecule has 1 aliphatic rings. The number of carbonyl (C=O) groups is 1. The molecule has 0 saturated carbocycles. The van der Waals surface area contributed by atoms with Gasteiger partial charge in [-0.15, -0.1) is 11.3 Å². The molecule has 0 fully saturated rings. The summed E-state index contributed by atoms with van der Waals surface area (Å²) in [7, 11) is 0. The van der Waals surface area contributed by atoms with Crippen molar-refractivity contribution in [3.63, 3.8) is 0 Å². The minimum absolute atomic E-state index is 0.0567. The van der Waals surface area contributed by atoms with Crippen LogP contribution in [-0.2, 0) is 17.6 Å². The van der Waals surface area contributed by atoms with Crippen LogP contribution in [0.15, 0.2) is 63.6 Å². The number of carbonyl (C=O) groups excluding carboxylic acids is 1. The summed E-state index contributed by atoms with van der Waals surface area (Å²) in [4.78, 5) is 33.2. The Labute approximate surface area is 212 Å². The molecule has 2 heterocycles. The Kier molecular flexibility index (Phi) is 6.83. The lowest BCUT2D eigenvalue weighted by Crippen LogP contribution is -2.24. The molecule has 0 aliphatic heterocycles. The van der Waals surface area contributed by atoms with Crippen LogP contribution in [0.2, 0.25) is 0 Å². The van der Waals surface area contributed by atoms with Crippen LogP contribution >= 0.6 is 23.1 Å². The van der Waals surface area contributed by atoms with Gasteiger partial charge in [-0.1, -0.05) is 53.7 Å². The molecular weight excluding hydrogens is 476 g/mol. The van der Waals surface area contributed by atoms with E-state index in [1.54, 1.807) is 22.1 Å². The van der Waals surface area contributed by atoms with Crippen molar-refractivity contribution in [2.75, 3.05) is 5.75 Å². The van der Waals surface area contributed by atoms with Gasteiger partial charge in [0.2, 0.25) is 0 Å². The second-order valence-electron chi connectivity index (χ2n) is 8.70. The second-order valence-corrected chi connectivity index (χ2v) is 10.7. The van der Waals surface area contributed by atoms with Gasteiger partial charge in [0.15, 0.2) is 5.16 Å². The number of benzene rings is 2. The van der Waals surface area contributed by atoms with Crippen LogP contribution in [-0.4, -0.2) is 27.4 Å². The number of hydrogen-bond donors (Lipinski definition) is 1. The average molecular weight is 503 g/mol. The van der Waals surface area contributed by atoms with Gasteiger partial charge >= 0.3 is 0 Å². The highest BCUT2D eigenvalue weighted by Gasteiger charge is 2.23. The molecule has 1 N–H and O–H groups in total. The van der Waals surface area contributed by atoms with E-state index in [-0.39, 0.29) is 17.2 Å². The monoisotopic (exact) mass is 502 g/mol. The smallest absolute Gasteiger partial charge is 0.267 e. The fourth-order valence-corrected chi connectivity index (χ4v) is 6.38. The van der Waals surface area contributed by atoms with Crippen molar-refractivity contribution in [2.45, 2.75) is 44.7 Å². The summed E-state index contributed by atoms with van der Waals surface area (Å²) >= 11 is 2.87. The zero-order valence-corrected chi connectivity index (χ0v) is 21.3. The third kappa shape index (κ3) is 4.94. The highest BCUT2D eigenvalue weighted by molar-refractivity contribution is 7.99. The molecule has 0 bridgehead atoms. The van der Waals surface area contributed by atoms with Gasteiger partial charge in [-0.05, 0) is 68.4 Å². The summed E-state index contributed by atoms with van der Waals surface area (Å²) in [5, 5.41) is 5.35. The first kappa shape index (κ1) is 23.5. The maximum atomic E-state index is 13.8. The number of nitrogens with one attached hydrogen (secondary N) is 1. The number of aromatic nitrogens is 2. The SMILES string of the molecule is Cc1ccc(-n2c(SCC(=O)N/N=C/c3ccccc3C)nc3sc4c(c3c2=O)CCCC4)cc1. The summed E-state index contributed by atoms with van der Waals surface area (Å²) in [5.74, 6) is -0.157. The van der Waals surface area contributed by atoms with E-state index in [2.05, 4.69) is 10.5 Å². The molecule has 0 atom stereocenters. The number of amides is 1. The molecule has 0 saturated heterocycles. The first-order valence-electron chi connectivity index (χ1n) is 11.7. The van der Waals surface area contributed by atoms with Crippen LogP contribution in [0.1, 0.15) is 40.0 Å². The van der Waals surface area contributed by atoms with Crippen molar-refractivity contribution in [1.82, 2.24) is 15.0 Å². The topological polar surface area (TPSA) is 76.3 Å². The van der Waals surface area contributed by atoms with Gasteiger partial charge in [0.05, 0.1) is 23.0 Å². The minimum Gasteiger partial charge on any atom is -0.272 e. The van der Waals surface area contributed by atoms with Crippen molar-refractivity contribution in [2.24, 2.45) is 5.10 Å². The average Bonchev–Trinajstić information content (AvgIpc) is 3.23. The first-order chi connectivity index (χ1) is 17.0. The summed E-state index contributed by atoms with van der Waals surface area (Å²) in [5.41, 5.74) is 7.59. The molecule has 2 aromatic heterocycles. The molecule has 0 spiro atoms. The number of aryl methyl sites for hydroxylation is 4. The van der Waals surface area contributed by atoms with Gasteiger partial charge in [-0.2, -0.15) is 5.10 Å². The predicted octanol–water partition coefficient (Wildman–Crippen LogP) is 5.19. The third-order valence-electron chi connectivity index (χ3n) is 6.16. The van der Waals surface area contributed by atoms with Crippen molar-refractivity contribution in [1.29, 1.82) is 0 Å². The van der Waals surface area contributed by atoms with Crippen molar-refractivity contribution in [3.8, 4) is 5.69 Å². The summed E-state index contributed by atoms with van der Waals surface area (Å²) in [6, 6.07) is 15.7. The van der Waals surface area contributed by atoms with Gasteiger partial charge in [0.25, 0.3) is 11.5 Å². The lowest BCUT2D eigenvalue weighted by atomic mass is 9.97. The normalized spacial score (nSPS) is 13.3. The summed E-state index contributed by atoms with van der Waals surface area (Å²) in [6.45, 7) is 4.01. The number of nitrogens with zero attached hydrogens (tertiary/aromatic N) is 3. The van der Waals surface area contributed by atoms with E-state index in [1.165, 1.54) is 16.6 Å². The molecule has 2 aromatic carbocycles. The van der Waals surface area contributed by atoms with Crippen molar-refractivity contribution >= 4 is 45.4 Å². The molecule has 0 unspecified atom stereocenters. The lowest BCUT2D eigenvalue weighted by molar-refractivity contribution is -0.118. The van der Waals surface area contributed by atoms with E-state index in [9.17, 15) is 9.59 Å². The van der Waals surface area contributed by atoms with Gasteiger partial charge in [0.1, 0.15) is 4.83 Å². The highest BCUT2D eigenvalue weighted by atomic mass is 32.2. The van der Waals surface area contributed by atoms with Crippen molar-refractivity contribution < 1.29 is 4.79 Å². The maximum Gasteiger partial charge on any atom is 0.267 e. The number of thiophene rings is 1. The van der Waals surface area contributed by atoms with Crippen LogP contribution in [0, 0.1) is 13.8 Å². The van der Waals surface area contributed by atoms with E-state index in [1.807, 2.05) is 62.4 Å². The third-order valence-corrected chi connectivity index (χ3v) is 8.29. The van der Waals surface area contributed by atoms with Gasteiger partial charge in [-0.25, -0.2) is 10.4 Å². The molecule has 35 heavy (non-hydrogen) atoms. The van der Waals surface area contributed by atoms with Crippen LogP contribution in [0.5, 0.6) is 0 Å². The quantitative estimate of drug-likeness (QED) is 0.170. The Morgan fingerprint density at radius 1 is 1.14 bits per heavy atom. The fourth-order valence-electron chi connectivity index (χ4n) is 4.27. The molecule has 178 valence electrons. The van der Waals surface area contributed by atoms with E-state index in [0.29, 0.717) is 5.16 Å². The van der Waals surface area contributed by atoms with Crippen LogP contribution in [0.4, 0.5) is 0 Å². The zero-order chi connectivity index (χ0) is 24.4. The van der Waals surface area contributed by atoms with Crippen LogP contribution < -0.4 is 11.0 Å². The number of thioether (sulfide) groups is 1. The highest BCUT2D eigenvalue weighted by Crippen LogP contribution is 2.35. The Hall–Kier alpha value is -3.23. The van der Waals surface area contributed by atoms with E-state index < -0.39 is 0 Å². The van der Waals surface area contributed by atoms with Crippen LogP contribution in [0.25, 0.3) is 15.9 Å². The fraction of sp³-hybridized carbons (Fsp3) is 0.259. The minimum atomic E-state index is -0.255. The van der Waals surface area contributed by atoms with Crippen LogP contribution in [0.3, 0.4) is 0 Å². The largest absolute Gasteiger partial charge is 0.272 e. The maximum absolute atomic E-state index is 13.8. The first-order valence-corrected chi connectivity index (χ1v) is 13.5. The molecule has 5 rings (SSSR count). The molecule has 0 radical (unpaired) electrons. The zero-order valence-electron chi connectivity index (χ0n) is 19.7. The Bertz CT molecular complexity index is 1490. The van der Waals surface area contributed by atoms with Gasteiger partial charge in [-0.3, -0.25) is 14.2 Å². The number of fused-ring (bicyclic) bond motifs is 3. The molecule has 8 heteroatoms. The van der Waals surface area contributed by atoms with Crippen molar-refractivity contribution in [3.05, 3.63) is 86.0 Å². The van der Waals surface area contributed by atoms with E-state index >= 15 is 0 Å². The number of hydrogen-bond acceptors (Lipinski definition) is 6. The van der Waals surface area contributed by atoms with Gasteiger partial charge < -0.3 is 0 Å². The molecule has 1 aliphatic carbocycles. The van der Waals surface area contributed by atoms with Gasteiger partial charge in [0, 0.05) is 4.88 Å². The number of hydrazone groups is 1. The second kappa shape index (κ2) is 10.2. The molecule has 6 nitrogen and oxygen atoms in total. The Balaban J connectivity index is 1.44. The predicted molar refractivity (Wildman–Crippen MR) is 144 cm³/mol. The lowest BCUT2D eigenvalue weighted by Gasteiger charge is -2.13. The standard InChI is InChI=1S/C27H26N4O2S2/c1-17-11-13-20(14-12-17)31-26(33)24-21-9-5-6-10-22(21)35-25(24)29-27(31)34-16-23(32)30-28-15-19-8-4-3-7-18(19)2/h3-4,7-8,11-15H,5-6,9-10,16H2,1-2H3,(H,30,32)/b28-15+. The number of rotatable bonds is 6. The summed E-state index contributed by atoms with van der Waals surface area (Å²) in [6.07, 6.45) is 5.82.